The Balaban J connectivity index is 1.35. The molecule has 1 aromatic rings. The number of esters is 2. The number of non-ortho nitro benzene ring substituents is 1. The molecule has 0 radical (unpaired) electrons. The van der Waals surface area contributed by atoms with Gasteiger partial charge >= 0.3 is 11.9 Å². The molecule has 3 saturated heterocycles. The van der Waals surface area contributed by atoms with Gasteiger partial charge in [0.25, 0.3) is 5.69 Å². The predicted octanol–water partition coefficient (Wildman–Crippen LogP) is 7.07. The number of fused-ring (bicyclic) bond motifs is 2. The molecule has 5 aliphatic rings. The van der Waals surface area contributed by atoms with Crippen LogP contribution in [0.3, 0.4) is 0 Å². The van der Waals surface area contributed by atoms with Crippen LogP contribution in [-0.4, -0.2) is 76.3 Å². The number of rotatable bonds is 5. The van der Waals surface area contributed by atoms with Gasteiger partial charge in [-0.15, -0.1) is 0 Å². The third kappa shape index (κ3) is 8.47. The molecule has 4 aliphatic heterocycles. The van der Waals surface area contributed by atoms with Crippen LogP contribution in [0.2, 0.25) is 0 Å². The highest BCUT2D eigenvalue weighted by molar-refractivity contribution is 5.90. The average molecular weight is 760 g/mol. The van der Waals surface area contributed by atoms with Gasteiger partial charge in [-0.05, 0) is 74.3 Å². The summed E-state index contributed by atoms with van der Waals surface area (Å²) in [4.78, 5) is 52.0. The van der Waals surface area contributed by atoms with Crippen LogP contribution in [0.4, 0.5) is 5.69 Å². The number of carbonyl (C=O) groups excluding carboxylic acids is 3. The third-order valence-corrected chi connectivity index (χ3v) is 11.4. The first kappa shape index (κ1) is 40.4. The number of nitro benzene ring substituents is 1. The maximum absolute atomic E-state index is 14.5. The Morgan fingerprint density at radius 1 is 1.11 bits per heavy atom. The number of Topliss-reactive ketones (excluding diaryl/α,β-unsaturated/α-hetero) is 1. The first-order valence-corrected chi connectivity index (χ1v) is 19.3. The molecule has 3 fully saturated rings. The summed E-state index contributed by atoms with van der Waals surface area (Å²) in [5, 5.41) is 23.9. The van der Waals surface area contributed by atoms with Crippen LogP contribution < -0.4 is 0 Å². The van der Waals surface area contributed by atoms with Gasteiger partial charge in [-0.25, -0.2) is 4.79 Å². The Labute approximate surface area is 322 Å². The molecule has 12 heteroatoms. The topological polar surface area (TPSA) is 161 Å². The van der Waals surface area contributed by atoms with E-state index < -0.39 is 64.7 Å². The van der Waals surface area contributed by atoms with Gasteiger partial charge in [0.05, 0.1) is 35.7 Å². The monoisotopic (exact) mass is 759 g/mol. The zero-order chi connectivity index (χ0) is 39.8. The minimum Gasteiger partial charge on any atom is -0.462 e. The number of hydrogen-bond donors (Lipinski definition) is 1. The molecular weight excluding hydrogens is 706 g/mol. The van der Waals surface area contributed by atoms with Crippen molar-refractivity contribution in [1.29, 1.82) is 0 Å². The second kappa shape index (κ2) is 16.1. The van der Waals surface area contributed by atoms with Crippen LogP contribution in [0.15, 0.2) is 83.0 Å². The van der Waals surface area contributed by atoms with Gasteiger partial charge in [0.2, 0.25) is 0 Å². The molecular formula is C43H53NO11. The first-order valence-electron chi connectivity index (χ1n) is 19.3. The first-order chi connectivity index (χ1) is 26.0. The number of hydrogen-bond acceptors (Lipinski definition) is 11. The van der Waals surface area contributed by atoms with E-state index in [-0.39, 0.29) is 54.2 Å². The molecule has 0 aromatic heterocycles. The molecule has 1 aliphatic carbocycles. The van der Waals surface area contributed by atoms with Crippen LogP contribution >= 0.6 is 0 Å². The molecule has 1 N–H and O–H groups in total. The quantitative estimate of drug-likeness (QED) is 0.142. The summed E-state index contributed by atoms with van der Waals surface area (Å²) in [6.07, 6.45) is 9.39. The molecule has 0 saturated carbocycles. The smallest absolute Gasteiger partial charge is 0.338 e. The summed E-state index contributed by atoms with van der Waals surface area (Å²) < 4.78 is 31.9. The Hall–Kier alpha value is -4.23. The van der Waals surface area contributed by atoms with E-state index in [0.29, 0.717) is 24.0 Å². The van der Waals surface area contributed by atoms with Gasteiger partial charge in [0.15, 0.2) is 11.9 Å². The number of allylic oxidation sites excluding steroid dienone is 5. The van der Waals surface area contributed by atoms with Gasteiger partial charge in [0.1, 0.15) is 29.5 Å². The largest absolute Gasteiger partial charge is 0.462 e. The molecule has 10 atom stereocenters. The van der Waals surface area contributed by atoms with E-state index in [1.807, 2.05) is 26.0 Å². The Bertz CT molecular complexity index is 1840. The van der Waals surface area contributed by atoms with E-state index in [1.54, 1.807) is 19.1 Å². The second-order valence-electron chi connectivity index (χ2n) is 16.4. The summed E-state index contributed by atoms with van der Waals surface area (Å²) in [7, 11) is 0. The minimum atomic E-state index is -1.95. The van der Waals surface area contributed by atoms with Gasteiger partial charge < -0.3 is 28.8 Å². The Kier molecular flexibility index (Phi) is 11.8. The van der Waals surface area contributed by atoms with E-state index in [2.05, 4.69) is 39.8 Å². The van der Waals surface area contributed by atoms with E-state index in [0.717, 1.165) is 17.6 Å². The molecule has 6 rings (SSSR count). The number of carbonyl (C=O) groups is 3. The summed E-state index contributed by atoms with van der Waals surface area (Å²) >= 11 is 0. The fraction of sp³-hybridized carbons (Fsp3) is 0.558. The van der Waals surface area contributed by atoms with E-state index in [1.165, 1.54) is 24.3 Å². The van der Waals surface area contributed by atoms with E-state index in [4.69, 9.17) is 23.7 Å². The highest BCUT2D eigenvalue weighted by Gasteiger charge is 2.61. The number of aliphatic hydroxyl groups is 1. The standard InChI is InChI=1S/C43H53NO11/c1-24(2)17-27(5)37-29(7)36(45)22-42(55-37)21-34-20-33(54-42)16-11-26(4)18-25(3)9-8-10-31-23-51-39-38(28(6)19-35(41(47)52-34)43(31,39)48)53-40(46)30-12-14-32(15-13-30)44(49)50/h8-15,17,19,24-25,29,33-35,37-39,48H,16,18,20-23H2,1-7H3/b9-8+,26-11+,27-17+,31-10+/t25-,29-,33+,34-,35-,37+,38+,39+,42+,43+/m0/s1. The maximum Gasteiger partial charge on any atom is 0.338 e. The number of benzene rings is 1. The summed E-state index contributed by atoms with van der Waals surface area (Å²) in [5.41, 5.74) is 0.958. The molecule has 4 heterocycles. The van der Waals surface area contributed by atoms with Gasteiger partial charge in [-0.2, -0.15) is 0 Å². The van der Waals surface area contributed by atoms with Crippen LogP contribution in [0.25, 0.3) is 0 Å². The molecule has 12 nitrogen and oxygen atoms in total. The molecule has 1 spiro atoms. The van der Waals surface area contributed by atoms with Crippen molar-refractivity contribution in [2.45, 2.75) is 122 Å². The molecule has 296 valence electrons. The van der Waals surface area contributed by atoms with Gasteiger partial charge in [-0.1, -0.05) is 69.7 Å². The van der Waals surface area contributed by atoms with Crippen molar-refractivity contribution >= 4 is 23.4 Å². The van der Waals surface area contributed by atoms with Crippen LogP contribution in [0.1, 0.15) is 90.9 Å². The van der Waals surface area contributed by atoms with Crippen molar-refractivity contribution in [2.24, 2.45) is 23.7 Å². The lowest BCUT2D eigenvalue weighted by molar-refractivity contribution is -0.384. The third-order valence-electron chi connectivity index (χ3n) is 11.4. The predicted molar refractivity (Wildman–Crippen MR) is 203 cm³/mol. The van der Waals surface area contributed by atoms with Crippen LogP contribution in [0.5, 0.6) is 0 Å². The molecule has 2 bridgehead atoms. The summed E-state index contributed by atoms with van der Waals surface area (Å²) in [5.74, 6) is -3.96. The molecule has 55 heavy (non-hydrogen) atoms. The molecule has 1 aromatic carbocycles. The van der Waals surface area contributed by atoms with Crippen molar-refractivity contribution in [1.82, 2.24) is 0 Å². The number of nitrogens with zero attached hydrogens (tertiary/aromatic N) is 1. The second-order valence-corrected chi connectivity index (χ2v) is 16.4. The van der Waals surface area contributed by atoms with Crippen LogP contribution in [0, 0.1) is 33.8 Å². The zero-order valence-electron chi connectivity index (χ0n) is 32.7. The molecule has 0 amide bonds. The lowest BCUT2D eigenvalue weighted by Crippen LogP contribution is -2.59. The SMILES string of the molecule is CC1=C[C@H]2C(=O)O[C@H]3C[C@@H](C/C=C(\C)C[C@@H](C)/C=C/C=C4\CO[C@H]([C@@H]1OC(=O)c1ccc([N+](=O)[O-])cc1)[C@@]42O)O[C@]1(CC(=O)[C@H](C)[C@@H](/C(C)=C/C(C)C)O1)C3. The van der Waals surface area contributed by atoms with E-state index >= 15 is 0 Å². The fourth-order valence-corrected chi connectivity index (χ4v) is 8.73. The van der Waals surface area contributed by atoms with Gasteiger partial charge in [-0.3, -0.25) is 19.7 Å². The number of ketones is 1. The summed E-state index contributed by atoms with van der Waals surface area (Å²) in [6, 6.07) is 5.02. The average Bonchev–Trinajstić information content (AvgIpc) is 3.45. The zero-order valence-corrected chi connectivity index (χ0v) is 32.7. The highest BCUT2D eigenvalue weighted by atomic mass is 16.7. The lowest BCUT2D eigenvalue weighted by Gasteiger charge is -2.49. The van der Waals surface area contributed by atoms with Crippen LogP contribution in [-0.2, 0) is 33.3 Å². The fourth-order valence-electron chi connectivity index (χ4n) is 8.73. The van der Waals surface area contributed by atoms with E-state index in [9.17, 15) is 29.6 Å². The van der Waals surface area contributed by atoms with Crippen molar-refractivity contribution in [3.8, 4) is 0 Å². The van der Waals surface area contributed by atoms with Crippen molar-refractivity contribution in [3.63, 3.8) is 0 Å². The highest BCUT2D eigenvalue weighted by Crippen LogP contribution is 2.48. The Morgan fingerprint density at radius 2 is 1.84 bits per heavy atom. The normalized spacial score (nSPS) is 38.2. The lowest BCUT2D eigenvalue weighted by atomic mass is 9.70. The van der Waals surface area contributed by atoms with Gasteiger partial charge in [0, 0.05) is 30.9 Å². The van der Waals surface area contributed by atoms with Crippen molar-refractivity contribution < 1.29 is 48.1 Å². The molecule has 0 unspecified atom stereocenters. The van der Waals surface area contributed by atoms with Crippen molar-refractivity contribution in [2.75, 3.05) is 6.61 Å². The summed E-state index contributed by atoms with van der Waals surface area (Å²) in [6.45, 7) is 13.8. The maximum atomic E-state index is 14.5. The van der Waals surface area contributed by atoms with Crippen molar-refractivity contribution in [3.05, 3.63) is 98.7 Å². The number of ether oxygens (including phenoxy) is 5. The minimum absolute atomic E-state index is 0.0168. The Morgan fingerprint density at radius 3 is 2.53 bits per heavy atom. The number of nitro groups is 1.